The van der Waals surface area contributed by atoms with Crippen molar-refractivity contribution in [2.24, 2.45) is 0 Å². The quantitative estimate of drug-likeness (QED) is 0.311. The molecule has 0 atom stereocenters. The molecule has 0 unspecified atom stereocenters. The minimum atomic E-state index is -4.55. The number of halogens is 3. The lowest BCUT2D eigenvalue weighted by molar-refractivity contribution is -0.137. The van der Waals surface area contributed by atoms with Gasteiger partial charge >= 0.3 is 6.18 Å². The SMILES string of the molecule is Cc1c(-c2ccccc2)ccc2c(=O)[nH]c(-c3cc(-c4ccccc4)cc(C(F)(F)F)c3)nc12. The Bertz CT molecular complexity index is 1560. The largest absolute Gasteiger partial charge is 0.416 e. The van der Waals surface area contributed by atoms with Crippen LogP contribution in [0.1, 0.15) is 11.1 Å². The molecule has 34 heavy (non-hydrogen) atoms. The van der Waals surface area contributed by atoms with Crippen LogP contribution < -0.4 is 5.56 Å². The molecule has 1 heterocycles. The maximum atomic E-state index is 13.7. The van der Waals surface area contributed by atoms with Gasteiger partial charge in [-0.25, -0.2) is 4.98 Å². The molecule has 0 aliphatic carbocycles. The van der Waals surface area contributed by atoms with Gasteiger partial charge in [-0.2, -0.15) is 13.2 Å². The van der Waals surface area contributed by atoms with Crippen molar-refractivity contribution in [2.75, 3.05) is 0 Å². The highest BCUT2D eigenvalue weighted by atomic mass is 19.4. The normalized spacial score (nSPS) is 11.6. The molecule has 4 aromatic carbocycles. The Morgan fingerprint density at radius 3 is 2.00 bits per heavy atom. The second-order valence-corrected chi connectivity index (χ2v) is 8.08. The first-order valence-electron chi connectivity index (χ1n) is 10.7. The van der Waals surface area contributed by atoms with Crippen molar-refractivity contribution in [3.8, 4) is 33.6 Å². The van der Waals surface area contributed by atoms with Crippen molar-refractivity contribution in [3.63, 3.8) is 0 Å². The van der Waals surface area contributed by atoms with Crippen LogP contribution in [0.15, 0.2) is 95.8 Å². The predicted octanol–water partition coefficient (Wildman–Crippen LogP) is 7.25. The summed E-state index contributed by atoms with van der Waals surface area (Å²) in [6.45, 7) is 1.86. The number of H-pyrrole nitrogens is 1. The third-order valence-electron chi connectivity index (χ3n) is 5.86. The molecule has 0 saturated heterocycles. The lowest BCUT2D eigenvalue weighted by Gasteiger charge is -2.14. The maximum Gasteiger partial charge on any atom is 0.416 e. The number of aromatic amines is 1. The zero-order valence-corrected chi connectivity index (χ0v) is 18.1. The number of nitrogens with one attached hydrogen (secondary N) is 1. The maximum absolute atomic E-state index is 13.7. The summed E-state index contributed by atoms with van der Waals surface area (Å²) in [5, 5.41) is 0.385. The number of nitrogens with zero attached hydrogens (tertiary/aromatic N) is 1. The number of fused-ring (bicyclic) bond motifs is 1. The van der Waals surface area contributed by atoms with E-state index in [4.69, 9.17) is 0 Å². The molecule has 3 nitrogen and oxygen atoms in total. The summed E-state index contributed by atoms with van der Waals surface area (Å²) in [6, 6.07) is 25.8. The smallest absolute Gasteiger partial charge is 0.306 e. The Kier molecular flexibility index (Phi) is 5.28. The molecular formula is C28H19F3N2O. The van der Waals surface area contributed by atoms with E-state index in [2.05, 4.69) is 9.97 Å². The first kappa shape index (κ1) is 21.6. The van der Waals surface area contributed by atoms with Crippen LogP contribution in [-0.2, 0) is 6.18 Å². The van der Waals surface area contributed by atoms with Gasteiger partial charge in [0.15, 0.2) is 0 Å². The van der Waals surface area contributed by atoms with Crippen molar-refractivity contribution in [3.05, 3.63) is 112 Å². The molecule has 0 aliphatic rings. The van der Waals surface area contributed by atoms with E-state index >= 15 is 0 Å². The molecule has 0 radical (unpaired) electrons. The number of benzene rings is 4. The summed E-state index contributed by atoms with van der Waals surface area (Å²) in [4.78, 5) is 20.2. The topological polar surface area (TPSA) is 45.8 Å². The summed E-state index contributed by atoms with van der Waals surface area (Å²) in [7, 11) is 0. The van der Waals surface area contributed by atoms with Gasteiger partial charge in [-0.3, -0.25) is 4.79 Å². The first-order chi connectivity index (χ1) is 16.3. The summed E-state index contributed by atoms with van der Waals surface area (Å²) in [5.74, 6) is 0.0918. The third kappa shape index (κ3) is 3.99. The van der Waals surface area contributed by atoms with Crippen molar-refractivity contribution >= 4 is 10.9 Å². The summed E-state index contributed by atoms with van der Waals surface area (Å²) in [5.41, 5.74) is 3.13. The number of aryl methyl sites for hydroxylation is 1. The molecule has 0 saturated carbocycles. The van der Waals surface area contributed by atoms with E-state index in [1.807, 2.05) is 43.3 Å². The molecule has 5 rings (SSSR count). The number of hydrogen-bond acceptors (Lipinski definition) is 2. The Morgan fingerprint density at radius 1 is 0.735 bits per heavy atom. The van der Waals surface area contributed by atoms with Gasteiger partial charge in [0, 0.05) is 5.56 Å². The fraction of sp³-hybridized carbons (Fsp3) is 0.0714. The number of aromatic nitrogens is 2. The first-order valence-corrected chi connectivity index (χ1v) is 10.7. The lowest BCUT2D eigenvalue weighted by atomic mass is 9.97. The van der Waals surface area contributed by atoms with Gasteiger partial charge in [0.1, 0.15) is 5.82 Å². The van der Waals surface area contributed by atoms with Gasteiger partial charge < -0.3 is 4.98 Å². The van der Waals surface area contributed by atoms with Crippen molar-refractivity contribution in [2.45, 2.75) is 13.1 Å². The monoisotopic (exact) mass is 456 g/mol. The Balaban J connectivity index is 1.74. The number of hydrogen-bond donors (Lipinski definition) is 1. The molecule has 1 aromatic heterocycles. The van der Waals surface area contributed by atoms with Gasteiger partial charge in [-0.15, -0.1) is 0 Å². The van der Waals surface area contributed by atoms with Crippen LogP contribution in [0.3, 0.4) is 0 Å². The fourth-order valence-electron chi connectivity index (χ4n) is 4.13. The van der Waals surface area contributed by atoms with Crippen molar-refractivity contribution < 1.29 is 13.2 Å². The third-order valence-corrected chi connectivity index (χ3v) is 5.86. The van der Waals surface area contributed by atoms with Crippen LogP contribution in [-0.4, -0.2) is 9.97 Å². The van der Waals surface area contributed by atoms with E-state index in [1.54, 1.807) is 42.5 Å². The highest BCUT2D eigenvalue weighted by Crippen LogP contribution is 2.36. The molecule has 5 aromatic rings. The standard InChI is InChI=1S/C28H19F3N2O/c1-17-23(19-10-6-3-7-11-19)12-13-24-25(17)32-26(33-27(24)34)21-14-20(18-8-4-2-5-9-18)15-22(16-21)28(29,30)31/h2-16H,1H3,(H,32,33,34). The Hall–Kier alpha value is -4.19. The fourth-order valence-corrected chi connectivity index (χ4v) is 4.13. The minimum Gasteiger partial charge on any atom is -0.306 e. The number of alkyl halides is 3. The summed E-state index contributed by atoms with van der Waals surface area (Å²) >= 11 is 0. The molecule has 6 heteroatoms. The molecule has 0 spiro atoms. The van der Waals surface area contributed by atoms with Crippen LogP contribution in [0, 0.1) is 6.92 Å². The van der Waals surface area contributed by atoms with Gasteiger partial charge in [0.05, 0.1) is 16.5 Å². The average Bonchev–Trinajstić information content (AvgIpc) is 2.85. The second-order valence-electron chi connectivity index (χ2n) is 8.08. The predicted molar refractivity (Wildman–Crippen MR) is 128 cm³/mol. The highest BCUT2D eigenvalue weighted by Gasteiger charge is 2.31. The molecule has 1 N–H and O–H groups in total. The van der Waals surface area contributed by atoms with E-state index in [0.717, 1.165) is 28.8 Å². The highest BCUT2D eigenvalue weighted by molar-refractivity contribution is 5.89. The molecule has 0 amide bonds. The average molecular weight is 456 g/mol. The van der Waals surface area contributed by atoms with Gasteiger partial charge in [0.25, 0.3) is 5.56 Å². The molecule has 0 bridgehead atoms. The molecule has 0 fully saturated rings. The van der Waals surface area contributed by atoms with E-state index < -0.39 is 17.3 Å². The Morgan fingerprint density at radius 2 is 1.35 bits per heavy atom. The van der Waals surface area contributed by atoms with Crippen LogP contribution in [0.25, 0.3) is 44.5 Å². The second kappa shape index (κ2) is 8.30. The van der Waals surface area contributed by atoms with Crippen molar-refractivity contribution in [1.29, 1.82) is 0 Å². The van der Waals surface area contributed by atoms with Crippen LogP contribution >= 0.6 is 0 Å². The summed E-state index contributed by atoms with van der Waals surface area (Å²) < 4.78 is 41.2. The molecular weight excluding hydrogens is 437 g/mol. The van der Waals surface area contributed by atoms with Gasteiger partial charge in [0.2, 0.25) is 0 Å². The van der Waals surface area contributed by atoms with Gasteiger partial charge in [-0.1, -0.05) is 66.7 Å². The van der Waals surface area contributed by atoms with Crippen LogP contribution in [0.5, 0.6) is 0 Å². The van der Waals surface area contributed by atoms with E-state index in [0.29, 0.717) is 22.0 Å². The van der Waals surface area contributed by atoms with Gasteiger partial charge in [-0.05, 0) is 59.0 Å². The lowest BCUT2D eigenvalue weighted by Crippen LogP contribution is -2.11. The van der Waals surface area contributed by atoms with E-state index in [1.165, 1.54) is 0 Å². The van der Waals surface area contributed by atoms with Crippen LogP contribution in [0.2, 0.25) is 0 Å². The van der Waals surface area contributed by atoms with E-state index in [-0.39, 0.29) is 11.4 Å². The minimum absolute atomic E-state index is 0.0918. The van der Waals surface area contributed by atoms with Crippen molar-refractivity contribution in [1.82, 2.24) is 9.97 Å². The molecule has 0 aliphatic heterocycles. The zero-order valence-electron chi connectivity index (χ0n) is 18.1. The van der Waals surface area contributed by atoms with Crippen LogP contribution in [0.4, 0.5) is 13.2 Å². The zero-order chi connectivity index (χ0) is 23.9. The Labute approximate surface area is 193 Å². The van der Waals surface area contributed by atoms with E-state index in [9.17, 15) is 18.0 Å². The summed E-state index contributed by atoms with van der Waals surface area (Å²) in [6.07, 6.45) is -4.55. The molecule has 168 valence electrons. The number of rotatable bonds is 3.